The molecule has 2 aromatic carbocycles. The standard InChI is InChI=1S/C18H15F3N2O4S/c1-9(17(25)23-12-7-6-11(19)15(20)16(12)21)27-18(26)10-4-2-3-5-13(10)28-8-14(22)24/h2-7,9H,8H2,1H3,(H2,22,24)(H,23,25). The van der Waals surface area contributed by atoms with Crippen LogP contribution in [0.4, 0.5) is 18.9 Å². The third-order valence-electron chi connectivity index (χ3n) is 3.42. The number of rotatable bonds is 7. The summed E-state index contributed by atoms with van der Waals surface area (Å²) in [5.74, 6) is -7.14. The number of anilines is 1. The average Bonchev–Trinajstić information content (AvgIpc) is 2.66. The number of benzene rings is 2. The number of ether oxygens (including phenoxy) is 1. The molecule has 1 atom stereocenters. The summed E-state index contributed by atoms with van der Waals surface area (Å²) in [6, 6.07) is 7.71. The van der Waals surface area contributed by atoms with Crippen LogP contribution >= 0.6 is 11.8 Å². The van der Waals surface area contributed by atoms with Crippen molar-refractivity contribution in [2.75, 3.05) is 11.1 Å². The Kier molecular flexibility index (Phi) is 7.05. The molecule has 10 heteroatoms. The number of halogens is 3. The van der Waals surface area contributed by atoms with Crippen molar-refractivity contribution in [2.45, 2.75) is 17.9 Å². The van der Waals surface area contributed by atoms with E-state index in [4.69, 9.17) is 10.5 Å². The molecule has 0 aliphatic rings. The zero-order valence-corrected chi connectivity index (χ0v) is 15.3. The van der Waals surface area contributed by atoms with E-state index in [0.29, 0.717) is 11.0 Å². The predicted molar refractivity (Wildman–Crippen MR) is 96.2 cm³/mol. The first-order valence-corrected chi connectivity index (χ1v) is 8.84. The first-order chi connectivity index (χ1) is 13.2. The fourth-order valence-corrected chi connectivity index (χ4v) is 2.82. The molecule has 6 nitrogen and oxygen atoms in total. The van der Waals surface area contributed by atoms with Crippen molar-refractivity contribution in [3.63, 3.8) is 0 Å². The normalized spacial score (nSPS) is 11.6. The molecular formula is C18H15F3N2O4S. The molecule has 2 amide bonds. The highest BCUT2D eigenvalue weighted by Gasteiger charge is 2.23. The molecule has 0 saturated heterocycles. The van der Waals surface area contributed by atoms with Crippen LogP contribution in [0, 0.1) is 17.5 Å². The Labute approximate surface area is 162 Å². The molecule has 0 aromatic heterocycles. The van der Waals surface area contributed by atoms with Gasteiger partial charge in [0.05, 0.1) is 17.0 Å². The minimum absolute atomic E-state index is 0.0598. The molecule has 2 rings (SSSR count). The molecule has 0 aliphatic heterocycles. The van der Waals surface area contributed by atoms with Gasteiger partial charge in [0.1, 0.15) is 0 Å². The first-order valence-electron chi connectivity index (χ1n) is 7.86. The van der Waals surface area contributed by atoms with Gasteiger partial charge in [0.25, 0.3) is 5.91 Å². The van der Waals surface area contributed by atoms with Crippen molar-refractivity contribution in [1.29, 1.82) is 0 Å². The van der Waals surface area contributed by atoms with Gasteiger partial charge in [0.15, 0.2) is 23.6 Å². The highest BCUT2D eigenvalue weighted by atomic mass is 32.2. The smallest absolute Gasteiger partial charge is 0.340 e. The van der Waals surface area contributed by atoms with Crippen molar-refractivity contribution in [1.82, 2.24) is 0 Å². The van der Waals surface area contributed by atoms with Crippen LogP contribution in [0.3, 0.4) is 0 Å². The monoisotopic (exact) mass is 412 g/mol. The first kappa shape index (κ1) is 21.3. The number of carbonyl (C=O) groups excluding carboxylic acids is 3. The summed E-state index contributed by atoms with van der Waals surface area (Å²) in [5, 5.41) is 2.03. The van der Waals surface area contributed by atoms with Gasteiger partial charge in [-0.2, -0.15) is 0 Å². The lowest BCUT2D eigenvalue weighted by Gasteiger charge is -2.15. The van der Waals surface area contributed by atoms with E-state index in [2.05, 4.69) is 0 Å². The van der Waals surface area contributed by atoms with E-state index in [0.717, 1.165) is 17.8 Å². The average molecular weight is 412 g/mol. The van der Waals surface area contributed by atoms with Crippen LogP contribution < -0.4 is 11.1 Å². The van der Waals surface area contributed by atoms with Crippen molar-refractivity contribution in [2.24, 2.45) is 5.73 Å². The lowest BCUT2D eigenvalue weighted by Crippen LogP contribution is -2.30. The van der Waals surface area contributed by atoms with Gasteiger partial charge in [-0.05, 0) is 31.2 Å². The number of carbonyl (C=O) groups is 3. The lowest BCUT2D eigenvalue weighted by molar-refractivity contribution is -0.123. The van der Waals surface area contributed by atoms with Gasteiger partial charge in [0.2, 0.25) is 5.91 Å². The Morgan fingerprint density at radius 1 is 1.11 bits per heavy atom. The van der Waals surface area contributed by atoms with Crippen molar-refractivity contribution < 1.29 is 32.3 Å². The van der Waals surface area contributed by atoms with Crippen molar-refractivity contribution in [3.05, 3.63) is 59.4 Å². The topological polar surface area (TPSA) is 98.5 Å². The fraction of sp³-hybridized carbons (Fsp3) is 0.167. The number of nitrogens with two attached hydrogens (primary N) is 1. The van der Waals surface area contributed by atoms with Crippen LogP contribution in [0.15, 0.2) is 41.3 Å². The van der Waals surface area contributed by atoms with Crippen LogP contribution in [-0.2, 0) is 14.3 Å². The zero-order chi connectivity index (χ0) is 20.8. The van der Waals surface area contributed by atoms with E-state index in [1.54, 1.807) is 18.2 Å². The molecule has 3 N–H and O–H groups in total. The molecule has 28 heavy (non-hydrogen) atoms. The van der Waals surface area contributed by atoms with Crippen LogP contribution in [0.1, 0.15) is 17.3 Å². The Morgan fingerprint density at radius 2 is 1.79 bits per heavy atom. The molecule has 0 aliphatic carbocycles. The van der Waals surface area contributed by atoms with Crippen LogP contribution in [0.25, 0.3) is 0 Å². The van der Waals surface area contributed by atoms with E-state index in [9.17, 15) is 27.6 Å². The second kappa shape index (κ2) is 9.27. The highest BCUT2D eigenvalue weighted by Crippen LogP contribution is 2.24. The van der Waals surface area contributed by atoms with E-state index >= 15 is 0 Å². The summed E-state index contributed by atoms with van der Waals surface area (Å²) < 4.78 is 44.8. The number of thioether (sulfide) groups is 1. The van der Waals surface area contributed by atoms with Crippen molar-refractivity contribution >= 4 is 35.2 Å². The molecule has 148 valence electrons. The molecule has 1 unspecified atom stereocenters. The third kappa shape index (κ3) is 5.26. The summed E-state index contributed by atoms with van der Waals surface area (Å²) in [7, 11) is 0. The fourth-order valence-electron chi connectivity index (χ4n) is 2.04. The minimum atomic E-state index is -1.73. The largest absolute Gasteiger partial charge is 0.449 e. The van der Waals surface area contributed by atoms with E-state index in [-0.39, 0.29) is 11.3 Å². The van der Waals surface area contributed by atoms with Gasteiger partial charge < -0.3 is 15.8 Å². The van der Waals surface area contributed by atoms with Gasteiger partial charge in [0, 0.05) is 4.90 Å². The zero-order valence-electron chi connectivity index (χ0n) is 14.5. The van der Waals surface area contributed by atoms with Crippen LogP contribution in [-0.4, -0.2) is 29.6 Å². The minimum Gasteiger partial charge on any atom is -0.449 e. The Balaban J connectivity index is 2.07. The maximum atomic E-state index is 13.6. The Bertz CT molecular complexity index is 924. The molecule has 2 aromatic rings. The van der Waals surface area contributed by atoms with E-state index in [1.807, 2.05) is 5.32 Å². The van der Waals surface area contributed by atoms with E-state index < -0.39 is 47.0 Å². The molecule has 0 radical (unpaired) electrons. The summed E-state index contributed by atoms with van der Waals surface area (Å²) in [5.41, 5.74) is 4.59. The number of hydrogen-bond donors (Lipinski definition) is 2. The number of hydrogen-bond acceptors (Lipinski definition) is 5. The summed E-state index contributed by atoms with van der Waals surface area (Å²) >= 11 is 1.02. The maximum absolute atomic E-state index is 13.6. The number of nitrogens with one attached hydrogen (secondary N) is 1. The van der Waals surface area contributed by atoms with Gasteiger partial charge in [-0.15, -0.1) is 11.8 Å². The summed E-state index contributed by atoms with van der Waals surface area (Å²) in [6.07, 6.45) is -1.37. The van der Waals surface area contributed by atoms with Gasteiger partial charge in [-0.25, -0.2) is 18.0 Å². The molecule has 0 saturated carbocycles. The SMILES string of the molecule is CC(OC(=O)c1ccccc1SCC(N)=O)C(=O)Nc1ccc(F)c(F)c1F. The number of esters is 1. The van der Waals surface area contributed by atoms with Crippen molar-refractivity contribution in [3.8, 4) is 0 Å². The van der Waals surface area contributed by atoms with Gasteiger partial charge in [-0.1, -0.05) is 12.1 Å². The molecule has 0 heterocycles. The molecular weight excluding hydrogens is 397 g/mol. The number of primary amides is 1. The summed E-state index contributed by atoms with van der Waals surface area (Å²) in [4.78, 5) is 35.8. The van der Waals surface area contributed by atoms with Crippen LogP contribution in [0.5, 0.6) is 0 Å². The van der Waals surface area contributed by atoms with Crippen LogP contribution in [0.2, 0.25) is 0 Å². The molecule has 0 spiro atoms. The van der Waals surface area contributed by atoms with E-state index in [1.165, 1.54) is 13.0 Å². The number of amides is 2. The quantitative estimate of drug-likeness (QED) is 0.414. The second-order valence-corrected chi connectivity index (χ2v) is 6.53. The predicted octanol–water partition coefficient (Wildman–Crippen LogP) is 2.87. The maximum Gasteiger partial charge on any atom is 0.340 e. The molecule has 0 bridgehead atoms. The van der Waals surface area contributed by atoms with Gasteiger partial charge >= 0.3 is 5.97 Å². The third-order valence-corrected chi connectivity index (χ3v) is 4.52. The Morgan fingerprint density at radius 3 is 2.46 bits per heavy atom. The summed E-state index contributed by atoms with van der Waals surface area (Å²) in [6.45, 7) is 1.23. The Hall–Kier alpha value is -3.01. The second-order valence-electron chi connectivity index (χ2n) is 5.51. The highest BCUT2D eigenvalue weighted by molar-refractivity contribution is 8.00. The molecule has 0 fully saturated rings. The van der Waals surface area contributed by atoms with Gasteiger partial charge in [-0.3, -0.25) is 9.59 Å². The lowest BCUT2D eigenvalue weighted by atomic mass is 10.2.